The van der Waals surface area contributed by atoms with Gasteiger partial charge in [0.2, 0.25) is 5.91 Å². The van der Waals surface area contributed by atoms with E-state index in [1.165, 1.54) is 12.1 Å². The van der Waals surface area contributed by atoms with Gasteiger partial charge in [0.25, 0.3) is 0 Å². The second-order valence-corrected chi connectivity index (χ2v) is 9.80. The summed E-state index contributed by atoms with van der Waals surface area (Å²) < 4.78 is 54.1. The highest BCUT2D eigenvalue weighted by molar-refractivity contribution is 7.81. The van der Waals surface area contributed by atoms with Crippen LogP contribution in [-0.4, -0.2) is 73.9 Å². The number of carbonyl (C=O) groups excluding carboxylic acids is 1. The van der Waals surface area contributed by atoms with E-state index in [1.807, 2.05) is 4.57 Å². The van der Waals surface area contributed by atoms with Crippen molar-refractivity contribution in [1.29, 1.82) is 0 Å². The van der Waals surface area contributed by atoms with Crippen LogP contribution in [0.25, 0.3) is 0 Å². The number of imidazole rings is 1. The van der Waals surface area contributed by atoms with Gasteiger partial charge >= 0.3 is 6.18 Å². The lowest BCUT2D eigenvalue weighted by Gasteiger charge is -2.38. The molecule has 3 rings (SSSR count). The molecular weight excluding hydrogens is 467 g/mol. The minimum Gasteiger partial charge on any atom is -0.354 e. The van der Waals surface area contributed by atoms with Gasteiger partial charge in [-0.1, -0.05) is 25.5 Å². The minimum atomic E-state index is -4.36. The number of alkyl halides is 3. The van der Waals surface area contributed by atoms with Crippen molar-refractivity contribution in [3.05, 3.63) is 53.6 Å². The highest BCUT2D eigenvalue weighted by atomic mass is 32.2. The SMILES string of the molecule is CCCCN1CCN(S(C)=O)C(C(=O)NCCc2cncn2Cc2ccc(C(F)(F)F)cc2)C1. The Morgan fingerprint density at radius 2 is 1.97 bits per heavy atom. The lowest BCUT2D eigenvalue weighted by molar-refractivity contribution is -0.137. The Kier molecular flexibility index (Phi) is 9.26. The molecule has 11 heteroatoms. The molecule has 1 amide bonds. The van der Waals surface area contributed by atoms with Crippen LogP contribution in [0, 0.1) is 0 Å². The van der Waals surface area contributed by atoms with Gasteiger partial charge in [0, 0.05) is 57.3 Å². The van der Waals surface area contributed by atoms with Gasteiger partial charge in [0.05, 0.1) is 22.9 Å². The molecule has 0 spiro atoms. The van der Waals surface area contributed by atoms with Gasteiger partial charge in [-0.05, 0) is 30.7 Å². The number of nitrogens with zero attached hydrogens (tertiary/aromatic N) is 4. The Hall–Kier alpha value is -2.24. The zero-order chi connectivity index (χ0) is 24.7. The number of hydrogen-bond donors (Lipinski definition) is 1. The Bertz CT molecular complexity index is 964. The zero-order valence-electron chi connectivity index (χ0n) is 19.6. The second-order valence-electron chi connectivity index (χ2n) is 8.48. The van der Waals surface area contributed by atoms with Crippen LogP contribution < -0.4 is 5.32 Å². The molecule has 0 saturated carbocycles. The molecule has 1 aromatic carbocycles. The van der Waals surface area contributed by atoms with Crippen molar-refractivity contribution in [2.75, 3.05) is 39.0 Å². The Morgan fingerprint density at radius 1 is 1.24 bits per heavy atom. The number of piperazine rings is 1. The van der Waals surface area contributed by atoms with E-state index < -0.39 is 28.8 Å². The summed E-state index contributed by atoms with van der Waals surface area (Å²) in [7, 11) is -1.23. The lowest BCUT2D eigenvalue weighted by Crippen LogP contribution is -2.59. The van der Waals surface area contributed by atoms with Gasteiger partial charge < -0.3 is 9.88 Å². The zero-order valence-corrected chi connectivity index (χ0v) is 20.4. The highest BCUT2D eigenvalue weighted by Crippen LogP contribution is 2.29. The molecule has 34 heavy (non-hydrogen) atoms. The van der Waals surface area contributed by atoms with Crippen LogP contribution in [0.3, 0.4) is 0 Å². The third kappa shape index (κ3) is 7.13. The quantitative estimate of drug-likeness (QED) is 0.546. The van der Waals surface area contributed by atoms with E-state index in [9.17, 15) is 22.2 Å². The van der Waals surface area contributed by atoms with Crippen molar-refractivity contribution < 1.29 is 22.2 Å². The van der Waals surface area contributed by atoms with E-state index in [0.717, 1.165) is 49.3 Å². The monoisotopic (exact) mass is 499 g/mol. The molecule has 1 aliphatic rings. The number of rotatable bonds is 10. The van der Waals surface area contributed by atoms with E-state index in [2.05, 4.69) is 22.1 Å². The van der Waals surface area contributed by atoms with Crippen LogP contribution in [-0.2, 0) is 34.9 Å². The van der Waals surface area contributed by atoms with Gasteiger partial charge in [-0.25, -0.2) is 13.5 Å². The second kappa shape index (κ2) is 11.9. The molecule has 0 radical (unpaired) electrons. The number of nitrogens with one attached hydrogen (secondary N) is 1. The standard InChI is InChI=1S/C23H32F3N5O2S/c1-3-4-11-29-12-13-31(34(2)33)21(16-29)22(32)28-10-9-20-14-27-17-30(20)15-18-5-7-19(8-6-18)23(24,25)26/h5-8,14,17,21H,3-4,9-13,15-16H2,1-2H3,(H,28,32). The third-order valence-corrected chi connectivity index (χ3v) is 7.09. The largest absolute Gasteiger partial charge is 0.416 e. The summed E-state index contributed by atoms with van der Waals surface area (Å²) >= 11 is 0. The Morgan fingerprint density at radius 3 is 2.62 bits per heavy atom. The van der Waals surface area contributed by atoms with Crippen molar-refractivity contribution >= 4 is 16.9 Å². The molecule has 0 aliphatic carbocycles. The highest BCUT2D eigenvalue weighted by Gasteiger charge is 2.34. The summed E-state index contributed by atoms with van der Waals surface area (Å²) in [6.45, 7) is 5.76. The summed E-state index contributed by atoms with van der Waals surface area (Å²) in [4.78, 5) is 19.3. The van der Waals surface area contributed by atoms with Crippen molar-refractivity contribution in [1.82, 2.24) is 24.1 Å². The molecule has 2 atom stereocenters. The molecule has 1 fully saturated rings. The van der Waals surface area contributed by atoms with E-state index in [-0.39, 0.29) is 5.91 Å². The average molecular weight is 500 g/mol. The molecular formula is C23H32F3N5O2S. The number of amides is 1. The maximum Gasteiger partial charge on any atom is 0.416 e. The molecule has 2 heterocycles. The molecule has 188 valence electrons. The van der Waals surface area contributed by atoms with Gasteiger partial charge in [-0.15, -0.1) is 0 Å². The van der Waals surface area contributed by atoms with Crippen molar-refractivity contribution in [3.63, 3.8) is 0 Å². The molecule has 2 aromatic rings. The molecule has 7 nitrogen and oxygen atoms in total. The first-order chi connectivity index (χ1) is 16.2. The van der Waals surface area contributed by atoms with Gasteiger partial charge in [-0.3, -0.25) is 9.69 Å². The summed E-state index contributed by atoms with van der Waals surface area (Å²) in [6, 6.07) is 4.60. The van der Waals surface area contributed by atoms with E-state index in [1.54, 1.807) is 23.1 Å². The first-order valence-electron chi connectivity index (χ1n) is 11.4. The maximum atomic E-state index is 12.9. The van der Waals surface area contributed by atoms with Crippen molar-refractivity contribution in [2.24, 2.45) is 0 Å². The molecule has 2 unspecified atom stereocenters. The number of halogens is 3. The van der Waals surface area contributed by atoms with E-state index in [4.69, 9.17) is 0 Å². The minimum absolute atomic E-state index is 0.148. The molecule has 1 aromatic heterocycles. The summed E-state index contributed by atoms with van der Waals surface area (Å²) in [6.07, 6.45) is 3.22. The fraction of sp³-hybridized carbons (Fsp3) is 0.565. The van der Waals surface area contributed by atoms with Crippen LogP contribution in [0.15, 0.2) is 36.8 Å². The average Bonchev–Trinajstić information content (AvgIpc) is 3.23. The third-order valence-electron chi connectivity index (χ3n) is 5.99. The fourth-order valence-corrected chi connectivity index (χ4v) is 4.91. The molecule has 1 saturated heterocycles. The van der Waals surface area contributed by atoms with Crippen LogP contribution in [0.5, 0.6) is 0 Å². The normalized spacial score (nSPS) is 18.7. The Balaban J connectivity index is 1.55. The number of carbonyl (C=O) groups is 1. The fourth-order valence-electron chi connectivity index (χ4n) is 4.06. The predicted octanol–water partition coefficient (Wildman–Crippen LogP) is 2.69. The maximum absolute atomic E-state index is 12.9. The summed E-state index contributed by atoms with van der Waals surface area (Å²) in [5, 5.41) is 2.96. The first-order valence-corrected chi connectivity index (χ1v) is 13.0. The summed E-state index contributed by atoms with van der Waals surface area (Å²) in [5.74, 6) is -0.148. The van der Waals surface area contributed by atoms with E-state index in [0.29, 0.717) is 32.6 Å². The first kappa shape index (κ1) is 26.4. The van der Waals surface area contributed by atoms with Gasteiger partial charge in [-0.2, -0.15) is 13.2 Å². The van der Waals surface area contributed by atoms with Crippen molar-refractivity contribution in [2.45, 2.75) is 44.9 Å². The van der Waals surface area contributed by atoms with E-state index >= 15 is 0 Å². The predicted molar refractivity (Wildman–Crippen MR) is 125 cm³/mol. The van der Waals surface area contributed by atoms with Crippen LogP contribution >= 0.6 is 0 Å². The summed E-state index contributed by atoms with van der Waals surface area (Å²) in [5.41, 5.74) is 0.916. The lowest BCUT2D eigenvalue weighted by atomic mass is 10.1. The van der Waals surface area contributed by atoms with Gasteiger partial charge in [0.15, 0.2) is 0 Å². The molecule has 1 N–H and O–H groups in total. The smallest absolute Gasteiger partial charge is 0.354 e. The number of aromatic nitrogens is 2. The number of hydrogen-bond acceptors (Lipinski definition) is 4. The molecule has 1 aliphatic heterocycles. The van der Waals surface area contributed by atoms with Crippen molar-refractivity contribution in [3.8, 4) is 0 Å². The molecule has 0 bridgehead atoms. The van der Waals surface area contributed by atoms with Crippen LogP contribution in [0.1, 0.15) is 36.6 Å². The topological polar surface area (TPSA) is 70.5 Å². The van der Waals surface area contributed by atoms with Crippen LogP contribution in [0.2, 0.25) is 0 Å². The number of benzene rings is 1. The number of unbranched alkanes of at least 4 members (excludes halogenated alkanes) is 1. The van der Waals surface area contributed by atoms with Gasteiger partial charge in [0.1, 0.15) is 6.04 Å². The van der Waals surface area contributed by atoms with Crippen LogP contribution in [0.4, 0.5) is 13.2 Å². The Labute approximate surface area is 200 Å².